The number of amides is 1. The molecule has 0 aromatic heterocycles. The Labute approximate surface area is 122 Å². The molecule has 1 aliphatic rings. The first-order valence-corrected chi connectivity index (χ1v) is 7.15. The third-order valence-electron chi connectivity index (χ3n) is 4.42. The molecular formula is C15H19FN2O3. The van der Waals surface area contributed by atoms with Gasteiger partial charge in [0, 0.05) is 12.1 Å². The lowest BCUT2D eigenvalue weighted by Crippen LogP contribution is -2.43. The molecule has 1 amide bonds. The summed E-state index contributed by atoms with van der Waals surface area (Å²) in [4.78, 5) is 22.5. The van der Waals surface area contributed by atoms with Crippen LogP contribution in [0.2, 0.25) is 0 Å². The number of hydrogen-bond acceptors (Lipinski definition) is 3. The van der Waals surface area contributed by atoms with Gasteiger partial charge in [-0.2, -0.15) is 0 Å². The molecule has 21 heavy (non-hydrogen) atoms. The molecule has 0 saturated heterocycles. The fourth-order valence-corrected chi connectivity index (χ4v) is 2.88. The second kappa shape index (κ2) is 6.20. The Morgan fingerprint density at radius 3 is 2.76 bits per heavy atom. The molecule has 0 bridgehead atoms. The molecule has 114 valence electrons. The molecule has 1 aromatic carbocycles. The topological polar surface area (TPSA) is 72.2 Å². The maximum absolute atomic E-state index is 13.3. The minimum atomic E-state index is -0.665. The minimum absolute atomic E-state index is 0.0240. The second-order valence-electron chi connectivity index (χ2n) is 5.77. The SMILES string of the molecule is CC1CCCC(NC(=O)c2cc(F)ccc2[N+](=O)[O-])C1C. The van der Waals surface area contributed by atoms with Gasteiger partial charge in [-0.05, 0) is 30.4 Å². The molecule has 0 spiro atoms. The van der Waals surface area contributed by atoms with Gasteiger partial charge in [0.25, 0.3) is 11.6 Å². The Morgan fingerprint density at radius 2 is 2.10 bits per heavy atom. The summed E-state index contributed by atoms with van der Waals surface area (Å²) in [6.07, 6.45) is 2.98. The van der Waals surface area contributed by atoms with Crippen molar-refractivity contribution in [2.24, 2.45) is 11.8 Å². The van der Waals surface area contributed by atoms with E-state index in [9.17, 15) is 19.3 Å². The highest BCUT2D eigenvalue weighted by Gasteiger charge is 2.30. The van der Waals surface area contributed by atoms with E-state index < -0.39 is 16.6 Å². The average molecular weight is 294 g/mol. The summed E-state index contributed by atoms with van der Waals surface area (Å²) in [6.45, 7) is 4.20. The molecule has 0 radical (unpaired) electrons. The molecule has 1 fully saturated rings. The Hall–Kier alpha value is -1.98. The molecule has 2 rings (SSSR count). The van der Waals surface area contributed by atoms with Crippen LogP contribution in [0.4, 0.5) is 10.1 Å². The lowest BCUT2D eigenvalue weighted by molar-refractivity contribution is -0.385. The van der Waals surface area contributed by atoms with Crippen molar-refractivity contribution in [3.8, 4) is 0 Å². The number of nitro groups is 1. The van der Waals surface area contributed by atoms with Gasteiger partial charge in [0.2, 0.25) is 0 Å². The molecule has 3 unspecified atom stereocenters. The average Bonchev–Trinajstić information content (AvgIpc) is 2.43. The monoisotopic (exact) mass is 294 g/mol. The zero-order valence-electron chi connectivity index (χ0n) is 12.1. The third-order valence-corrected chi connectivity index (χ3v) is 4.42. The molecule has 5 nitrogen and oxygen atoms in total. The van der Waals surface area contributed by atoms with E-state index in [0.717, 1.165) is 37.5 Å². The normalized spacial score (nSPS) is 25.4. The molecule has 0 heterocycles. The van der Waals surface area contributed by atoms with Crippen LogP contribution in [0.15, 0.2) is 18.2 Å². The van der Waals surface area contributed by atoms with Crippen molar-refractivity contribution >= 4 is 11.6 Å². The number of nitrogens with one attached hydrogen (secondary N) is 1. The minimum Gasteiger partial charge on any atom is -0.349 e. The number of nitro benzene ring substituents is 1. The summed E-state index contributed by atoms with van der Waals surface area (Å²) >= 11 is 0. The molecule has 1 aromatic rings. The molecule has 1 aliphatic carbocycles. The van der Waals surface area contributed by atoms with Gasteiger partial charge in [-0.25, -0.2) is 4.39 Å². The van der Waals surface area contributed by atoms with Crippen molar-refractivity contribution in [2.45, 2.75) is 39.2 Å². The summed E-state index contributed by atoms with van der Waals surface area (Å²) in [5.41, 5.74) is -0.587. The predicted octanol–water partition coefficient (Wildman–Crippen LogP) is 3.29. The van der Waals surface area contributed by atoms with E-state index in [1.807, 2.05) is 0 Å². The fourth-order valence-electron chi connectivity index (χ4n) is 2.88. The van der Waals surface area contributed by atoms with Gasteiger partial charge < -0.3 is 5.32 Å². The number of carbonyl (C=O) groups is 1. The molecule has 1 N–H and O–H groups in total. The van der Waals surface area contributed by atoms with E-state index >= 15 is 0 Å². The van der Waals surface area contributed by atoms with Crippen LogP contribution in [0.1, 0.15) is 43.5 Å². The quantitative estimate of drug-likeness (QED) is 0.686. The van der Waals surface area contributed by atoms with Crippen molar-refractivity contribution in [2.75, 3.05) is 0 Å². The molecule has 6 heteroatoms. The number of nitrogens with zero attached hydrogens (tertiary/aromatic N) is 1. The van der Waals surface area contributed by atoms with E-state index in [1.54, 1.807) is 0 Å². The van der Waals surface area contributed by atoms with Crippen molar-refractivity contribution in [1.82, 2.24) is 5.32 Å². The molecule has 1 saturated carbocycles. The Kier molecular flexibility index (Phi) is 4.55. The Morgan fingerprint density at radius 1 is 1.38 bits per heavy atom. The van der Waals surface area contributed by atoms with Crippen LogP contribution in [0.5, 0.6) is 0 Å². The van der Waals surface area contributed by atoms with Crippen molar-refractivity contribution in [3.63, 3.8) is 0 Å². The molecular weight excluding hydrogens is 275 g/mol. The van der Waals surface area contributed by atoms with Crippen LogP contribution in [0, 0.1) is 27.8 Å². The second-order valence-corrected chi connectivity index (χ2v) is 5.77. The first-order valence-electron chi connectivity index (χ1n) is 7.15. The maximum Gasteiger partial charge on any atom is 0.282 e. The summed E-state index contributed by atoms with van der Waals surface area (Å²) in [7, 11) is 0. The Balaban J connectivity index is 2.20. The first kappa shape index (κ1) is 15.4. The van der Waals surface area contributed by atoms with Gasteiger partial charge in [0.05, 0.1) is 4.92 Å². The Bertz CT molecular complexity index is 562. The van der Waals surface area contributed by atoms with E-state index in [4.69, 9.17) is 0 Å². The largest absolute Gasteiger partial charge is 0.349 e. The standard InChI is InChI=1S/C15H19FN2O3/c1-9-4-3-5-13(10(9)2)17-15(19)12-8-11(16)6-7-14(12)18(20)21/h6-10,13H,3-5H2,1-2H3,(H,17,19). The van der Waals surface area contributed by atoms with Gasteiger partial charge in [-0.15, -0.1) is 0 Å². The van der Waals surface area contributed by atoms with Gasteiger partial charge in [0.1, 0.15) is 11.4 Å². The van der Waals surface area contributed by atoms with Crippen LogP contribution < -0.4 is 5.32 Å². The molecule has 3 atom stereocenters. The van der Waals surface area contributed by atoms with Crippen molar-refractivity contribution < 1.29 is 14.1 Å². The fraction of sp³-hybridized carbons (Fsp3) is 0.533. The van der Waals surface area contributed by atoms with E-state index in [0.29, 0.717) is 11.8 Å². The highest BCUT2D eigenvalue weighted by Crippen LogP contribution is 2.30. The summed E-state index contributed by atoms with van der Waals surface area (Å²) in [5.74, 6) is -0.440. The van der Waals surface area contributed by atoms with Crippen molar-refractivity contribution in [3.05, 3.63) is 39.7 Å². The third kappa shape index (κ3) is 3.37. The van der Waals surface area contributed by atoms with Gasteiger partial charge in [0.15, 0.2) is 0 Å². The summed E-state index contributed by atoms with van der Waals surface area (Å²) in [6, 6.07) is 2.91. The smallest absolute Gasteiger partial charge is 0.282 e. The van der Waals surface area contributed by atoms with Crippen molar-refractivity contribution in [1.29, 1.82) is 0 Å². The van der Waals surface area contributed by atoms with E-state index in [-0.39, 0.29) is 17.3 Å². The van der Waals surface area contributed by atoms with Gasteiger partial charge in [-0.3, -0.25) is 14.9 Å². The van der Waals surface area contributed by atoms with E-state index in [2.05, 4.69) is 19.2 Å². The van der Waals surface area contributed by atoms with Gasteiger partial charge in [-0.1, -0.05) is 26.7 Å². The predicted molar refractivity (Wildman–Crippen MR) is 76.5 cm³/mol. The maximum atomic E-state index is 13.3. The lowest BCUT2D eigenvalue weighted by atomic mass is 9.78. The number of benzene rings is 1. The van der Waals surface area contributed by atoms with Crippen LogP contribution in [-0.2, 0) is 0 Å². The summed E-state index contributed by atoms with van der Waals surface area (Å²) in [5, 5.41) is 13.8. The number of halogens is 1. The number of hydrogen-bond donors (Lipinski definition) is 1. The van der Waals surface area contributed by atoms with Crippen LogP contribution in [0.3, 0.4) is 0 Å². The summed E-state index contributed by atoms with van der Waals surface area (Å²) < 4.78 is 13.3. The van der Waals surface area contributed by atoms with Crippen LogP contribution in [-0.4, -0.2) is 16.9 Å². The zero-order valence-corrected chi connectivity index (χ0v) is 12.1. The van der Waals surface area contributed by atoms with Crippen LogP contribution in [0.25, 0.3) is 0 Å². The van der Waals surface area contributed by atoms with Gasteiger partial charge >= 0.3 is 0 Å². The highest BCUT2D eigenvalue weighted by molar-refractivity contribution is 5.98. The van der Waals surface area contributed by atoms with E-state index in [1.165, 1.54) is 0 Å². The lowest BCUT2D eigenvalue weighted by Gasteiger charge is -2.34. The first-order chi connectivity index (χ1) is 9.90. The zero-order chi connectivity index (χ0) is 15.6. The highest BCUT2D eigenvalue weighted by atomic mass is 19.1. The molecule has 0 aliphatic heterocycles. The number of carbonyl (C=O) groups excluding carboxylic acids is 1. The van der Waals surface area contributed by atoms with Crippen LogP contribution >= 0.6 is 0 Å². The number of rotatable bonds is 3.